The molecule has 0 aromatic heterocycles. The number of hydrogen-bond donors (Lipinski definition) is 1. The Bertz CT molecular complexity index is 411. The maximum absolute atomic E-state index is 12.6. The number of alkyl halides is 2. The number of rotatable bonds is 1. The minimum Gasteiger partial charge on any atom is -0.508 e. The summed E-state index contributed by atoms with van der Waals surface area (Å²) in [4.78, 5) is 0. The highest BCUT2D eigenvalue weighted by Crippen LogP contribution is 2.44. The second-order valence-electron chi connectivity index (χ2n) is 4.54. The van der Waals surface area contributed by atoms with E-state index in [4.69, 9.17) is 23.2 Å². The molecule has 1 rings (SSSR count). The first-order valence-electron chi connectivity index (χ1n) is 4.65. The van der Waals surface area contributed by atoms with Crippen molar-refractivity contribution in [1.29, 1.82) is 0 Å². The van der Waals surface area contributed by atoms with Crippen LogP contribution in [0.25, 0.3) is 0 Å². The fourth-order valence-electron chi connectivity index (χ4n) is 1.50. The van der Waals surface area contributed by atoms with Gasteiger partial charge < -0.3 is 5.11 Å². The average Bonchev–Trinajstić information content (AvgIpc) is 2.08. The molecule has 1 aromatic rings. The van der Waals surface area contributed by atoms with Crippen LogP contribution in [-0.2, 0) is 5.41 Å². The van der Waals surface area contributed by atoms with Gasteiger partial charge in [0.25, 0.3) is 6.43 Å². The zero-order valence-corrected chi connectivity index (χ0v) is 10.6. The van der Waals surface area contributed by atoms with Crippen LogP contribution in [0, 0.1) is 0 Å². The molecule has 0 bridgehead atoms. The molecule has 1 nitrogen and oxygen atoms in total. The van der Waals surface area contributed by atoms with E-state index >= 15 is 0 Å². The lowest BCUT2D eigenvalue weighted by molar-refractivity contribution is 0.151. The molecule has 0 saturated heterocycles. The van der Waals surface area contributed by atoms with Gasteiger partial charge in [0.15, 0.2) is 0 Å². The Hall–Kier alpha value is -0.540. The Morgan fingerprint density at radius 3 is 2.06 bits per heavy atom. The highest BCUT2D eigenvalue weighted by atomic mass is 35.5. The largest absolute Gasteiger partial charge is 0.508 e. The normalized spacial score (nSPS) is 12.2. The van der Waals surface area contributed by atoms with Gasteiger partial charge in [0.05, 0.1) is 10.0 Å². The van der Waals surface area contributed by atoms with Gasteiger partial charge in [-0.1, -0.05) is 44.0 Å². The van der Waals surface area contributed by atoms with Crippen LogP contribution in [0.15, 0.2) is 6.07 Å². The van der Waals surface area contributed by atoms with E-state index in [1.165, 1.54) is 0 Å². The van der Waals surface area contributed by atoms with Crippen molar-refractivity contribution in [2.45, 2.75) is 32.6 Å². The summed E-state index contributed by atoms with van der Waals surface area (Å²) in [6, 6.07) is 0.972. The van der Waals surface area contributed by atoms with Crippen molar-refractivity contribution >= 4 is 23.2 Å². The summed E-state index contributed by atoms with van der Waals surface area (Å²) in [5.74, 6) is -0.253. The van der Waals surface area contributed by atoms with Crippen molar-refractivity contribution in [3.63, 3.8) is 0 Å². The van der Waals surface area contributed by atoms with Crippen LogP contribution >= 0.6 is 23.2 Å². The number of phenols is 1. The van der Waals surface area contributed by atoms with Gasteiger partial charge in [-0.2, -0.15) is 0 Å². The SMILES string of the molecule is CC(C)(C)c1c(O)cc(C(F)F)c(Cl)c1Cl. The van der Waals surface area contributed by atoms with Gasteiger partial charge in [-0.25, -0.2) is 8.78 Å². The lowest BCUT2D eigenvalue weighted by atomic mass is 9.85. The first kappa shape index (κ1) is 13.5. The summed E-state index contributed by atoms with van der Waals surface area (Å²) in [7, 11) is 0. The average molecular weight is 269 g/mol. The van der Waals surface area contributed by atoms with Crippen LogP contribution in [0.3, 0.4) is 0 Å². The summed E-state index contributed by atoms with van der Waals surface area (Å²) in [6.45, 7) is 5.44. The molecular formula is C11H12Cl2F2O. The van der Waals surface area contributed by atoms with Gasteiger partial charge in [-0.3, -0.25) is 0 Å². The maximum atomic E-state index is 12.6. The molecular weight excluding hydrogens is 257 g/mol. The summed E-state index contributed by atoms with van der Waals surface area (Å²) in [6.07, 6.45) is -2.76. The molecule has 0 fully saturated rings. The van der Waals surface area contributed by atoms with E-state index in [-0.39, 0.29) is 15.8 Å². The van der Waals surface area contributed by atoms with E-state index in [2.05, 4.69) is 0 Å². The third-order valence-corrected chi connectivity index (χ3v) is 3.08. The molecule has 90 valence electrons. The molecule has 0 atom stereocenters. The number of aromatic hydroxyl groups is 1. The van der Waals surface area contributed by atoms with E-state index in [0.717, 1.165) is 6.07 Å². The Morgan fingerprint density at radius 1 is 1.19 bits per heavy atom. The Morgan fingerprint density at radius 2 is 1.69 bits per heavy atom. The lowest BCUT2D eigenvalue weighted by Crippen LogP contribution is -2.13. The fraction of sp³-hybridized carbons (Fsp3) is 0.455. The van der Waals surface area contributed by atoms with Crippen LogP contribution in [0.1, 0.15) is 38.3 Å². The smallest absolute Gasteiger partial charge is 0.265 e. The van der Waals surface area contributed by atoms with E-state index in [0.29, 0.717) is 5.56 Å². The summed E-state index contributed by atoms with van der Waals surface area (Å²) in [5, 5.41) is 9.50. The van der Waals surface area contributed by atoms with Crippen molar-refractivity contribution in [1.82, 2.24) is 0 Å². The summed E-state index contributed by atoms with van der Waals surface area (Å²) >= 11 is 11.7. The van der Waals surface area contributed by atoms with Crippen LogP contribution < -0.4 is 0 Å². The van der Waals surface area contributed by atoms with Gasteiger partial charge in [0.1, 0.15) is 5.75 Å². The Kier molecular flexibility index (Phi) is 3.70. The molecule has 0 aliphatic rings. The van der Waals surface area contributed by atoms with Gasteiger partial charge in [-0.05, 0) is 11.5 Å². The Labute approximate surface area is 103 Å². The second-order valence-corrected chi connectivity index (χ2v) is 5.29. The number of benzene rings is 1. The summed E-state index contributed by atoms with van der Waals surface area (Å²) in [5.41, 5.74) is -0.536. The second kappa shape index (κ2) is 4.38. The van der Waals surface area contributed by atoms with Gasteiger partial charge in [0.2, 0.25) is 0 Å². The van der Waals surface area contributed by atoms with Crippen molar-refractivity contribution in [3.05, 3.63) is 27.2 Å². The standard InChI is InChI=1S/C11H12Cl2F2O/c1-11(2,3)7-6(16)4-5(10(14)15)8(12)9(7)13/h4,10,16H,1-3H3. The van der Waals surface area contributed by atoms with Crippen LogP contribution in [-0.4, -0.2) is 5.11 Å². The third kappa shape index (κ3) is 2.41. The molecule has 0 heterocycles. The van der Waals surface area contributed by atoms with E-state index in [1.54, 1.807) is 0 Å². The molecule has 0 aliphatic carbocycles. The predicted octanol–water partition coefficient (Wildman–Crippen LogP) is 4.93. The fourth-order valence-corrected chi connectivity index (χ4v) is 2.22. The molecule has 0 aliphatic heterocycles. The number of phenolic OH excluding ortho intramolecular Hbond substituents is 1. The highest BCUT2D eigenvalue weighted by Gasteiger charge is 2.27. The van der Waals surface area contributed by atoms with Gasteiger partial charge >= 0.3 is 0 Å². The monoisotopic (exact) mass is 268 g/mol. The van der Waals surface area contributed by atoms with Gasteiger partial charge in [-0.15, -0.1) is 0 Å². The number of hydrogen-bond acceptors (Lipinski definition) is 1. The first-order valence-corrected chi connectivity index (χ1v) is 5.41. The molecule has 16 heavy (non-hydrogen) atoms. The zero-order valence-electron chi connectivity index (χ0n) is 9.11. The van der Waals surface area contributed by atoms with Crippen molar-refractivity contribution < 1.29 is 13.9 Å². The zero-order chi connectivity index (χ0) is 12.7. The van der Waals surface area contributed by atoms with E-state index < -0.39 is 17.4 Å². The van der Waals surface area contributed by atoms with Crippen LogP contribution in [0.5, 0.6) is 5.75 Å². The maximum Gasteiger partial charge on any atom is 0.265 e. The van der Waals surface area contributed by atoms with Crippen molar-refractivity contribution in [2.75, 3.05) is 0 Å². The first-order chi connectivity index (χ1) is 7.16. The predicted molar refractivity (Wildman–Crippen MR) is 61.8 cm³/mol. The topological polar surface area (TPSA) is 20.2 Å². The van der Waals surface area contributed by atoms with E-state index in [9.17, 15) is 13.9 Å². The third-order valence-electron chi connectivity index (χ3n) is 2.20. The molecule has 1 aromatic carbocycles. The van der Waals surface area contributed by atoms with Crippen molar-refractivity contribution in [2.24, 2.45) is 0 Å². The lowest BCUT2D eigenvalue weighted by Gasteiger charge is -2.23. The quantitative estimate of drug-likeness (QED) is 0.766. The minimum atomic E-state index is -2.76. The van der Waals surface area contributed by atoms with E-state index in [1.807, 2.05) is 20.8 Å². The molecule has 0 amide bonds. The molecule has 0 radical (unpaired) electrons. The summed E-state index contributed by atoms with van der Waals surface area (Å²) < 4.78 is 25.1. The van der Waals surface area contributed by atoms with Crippen LogP contribution in [0.4, 0.5) is 8.78 Å². The molecule has 0 spiro atoms. The van der Waals surface area contributed by atoms with Gasteiger partial charge in [0, 0.05) is 11.1 Å². The number of halogens is 4. The Balaban J connectivity index is 3.53. The van der Waals surface area contributed by atoms with Crippen molar-refractivity contribution in [3.8, 4) is 5.75 Å². The highest BCUT2D eigenvalue weighted by molar-refractivity contribution is 6.43. The molecule has 1 N–H and O–H groups in total. The van der Waals surface area contributed by atoms with Crippen LogP contribution in [0.2, 0.25) is 10.0 Å². The molecule has 0 saturated carbocycles. The molecule has 0 unspecified atom stereocenters. The molecule has 5 heteroatoms. The minimum absolute atomic E-state index is 0.00975.